The molecular formula is C17H23NO4. The lowest BCUT2D eigenvalue weighted by atomic mass is 10.1. The Hall–Kier alpha value is -1.75. The molecule has 0 saturated carbocycles. The summed E-state index contributed by atoms with van der Waals surface area (Å²) >= 11 is 0. The summed E-state index contributed by atoms with van der Waals surface area (Å²) in [6, 6.07) is 7.85. The maximum absolute atomic E-state index is 11.8. The second-order valence-electron chi connectivity index (χ2n) is 5.80. The Morgan fingerprint density at radius 1 is 1.18 bits per heavy atom. The number of hydrogen-bond donors (Lipinski definition) is 0. The van der Waals surface area contributed by atoms with Crippen LogP contribution in [0.3, 0.4) is 0 Å². The quantitative estimate of drug-likeness (QED) is 0.799. The van der Waals surface area contributed by atoms with Crippen molar-refractivity contribution >= 4 is 11.7 Å². The molecule has 0 aromatic heterocycles. The van der Waals surface area contributed by atoms with E-state index in [9.17, 15) is 4.79 Å². The summed E-state index contributed by atoms with van der Waals surface area (Å²) in [5.41, 5.74) is 1.05. The van der Waals surface area contributed by atoms with Gasteiger partial charge in [0.05, 0.1) is 20.3 Å². The predicted molar refractivity (Wildman–Crippen MR) is 83.3 cm³/mol. The third-order valence-corrected chi connectivity index (χ3v) is 4.37. The van der Waals surface area contributed by atoms with E-state index in [0.29, 0.717) is 0 Å². The number of methoxy groups -OCH3 is 1. The van der Waals surface area contributed by atoms with Gasteiger partial charge in [-0.25, -0.2) is 4.79 Å². The summed E-state index contributed by atoms with van der Waals surface area (Å²) in [6.45, 7) is 2.44. The predicted octanol–water partition coefficient (Wildman–Crippen LogP) is 2.39. The highest BCUT2D eigenvalue weighted by Gasteiger charge is 2.31. The zero-order chi connectivity index (χ0) is 15.4. The number of hydrogen-bond acceptors (Lipinski definition) is 5. The highest BCUT2D eigenvalue weighted by Crippen LogP contribution is 2.28. The van der Waals surface area contributed by atoms with Gasteiger partial charge in [-0.15, -0.1) is 0 Å². The molecule has 22 heavy (non-hydrogen) atoms. The van der Waals surface area contributed by atoms with Crippen molar-refractivity contribution in [2.24, 2.45) is 0 Å². The van der Waals surface area contributed by atoms with Crippen LogP contribution in [0.4, 0.5) is 5.69 Å². The molecule has 5 heteroatoms. The monoisotopic (exact) mass is 305 g/mol. The Morgan fingerprint density at radius 3 is 2.59 bits per heavy atom. The Bertz CT molecular complexity index is 496. The van der Waals surface area contributed by atoms with Crippen molar-refractivity contribution in [1.82, 2.24) is 0 Å². The number of ether oxygens (including phenoxy) is 3. The van der Waals surface area contributed by atoms with Crippen molar-refractivity contribution in [3.05, 3.63) is 24.3 Å². The summed E-state index contributed by atoms with van der Waals surface area (Å²) < 4.78 is 16.2. The highest BCUT2D eigenvalue weighted by molar-refractivity contribution is 5.80. The van der Waals surface area contributed by atoms with Crippen LogP contribution in [0.1, 0.15) is 25.7 Å². The van der Waals surface area contributed by atoms with Crippen LogP contribution in [0.2, 0.25) is 0 Å². The van der Waals surface area contributed by atoms with Gasteiger partial charge < -0.3 is 19.1 Å². The van der Waals surface area contributed by atoms with Crippen molar-refractivity contribution in [2.45, 2.75) is 37.8 Å². The first-order valence-corrected chi connectivity index (χ1v) is 7.97. The normalized spacial score (nSPS) is 22.6. The molecule has 5 nitrogen and oxygen atoms in total. The molecule has 1 aromatic rings. The molecule has 0 unspecified atom stereocenters. The van der Waals surface area contributed by atoms with Crippen LogP contribution < -0.4 is 9.64 Å². The molecule has 0 amide bonds. The molecule has 2 fully saturated rings. The van der Waals surface area contributed by atoms with Gasteiger partial charge in [-0.2, -0.15) is 0 Å². The molecular weight excluding hydrogens is 282 g/mol. The van der Waals surface area contributed by atoms with Crippen LogP contribution in [0.15, 0.2) is 24.3 Å². The molecule has 0 spiro atoms. The summed E-state index contributed by atoms with van der Waals surface area (Å²) in [7, 11) is 1.45. The van der Waals surface area contributed by atoms with E-state index < -0.39 is 0 Å². The number of esters is 1. The minimum Gasteiger partial charge on any atom is -0.490 e. The topological polar surface area (TPSA) is 48.0 Å². The van der Waals surface area contributed by atoms with Crippen molar-refractivity contribution in [1.29, 1.82) is 0 Å². The van der Waals surface area contributed by atoms with E-state index in [1.54, 1.807) is 0 Å². The van der Waals surface area contributed by atoms with Crippen molar-refractivity contribution in [3.63, 3.8) is 0 Å². The van der Waals surface area contributed by atoms with Gasteiger partial charge in [0.25, 0.3) is 0 Å². The number of anilines is 1. The van der Waals surface area contributed by atoms with Crippen LogP contribution in [0.25, 0.3) is 0 Å². The fraction of sp³-hybridized carbons (Fsp3) is 0.588. The third kappa shape index (κ3) is 3.35. The fourth-order valence-electron chi connectivity index (χ4n) is 3.16. The van der Waals surface area contributed by atoms with Crippen LogP contribution in [-0.2, 0) is 14.3 Å². The summed E-state index contributed by atoms with van der Waals surface area (Å²) in [5, 5.41) is 0. The van der Waals surface area contributed by atoms with Gasteiger partial charge in [0.1, 0.15) is 17.9 Å². The molecule has 0 bridgehead atoms. The smallest absolute Gasteiger partial charge is 0.328 e. The van der Waals surface area contributed by atoms with Gasteiger partial charge >= 0.3 is 5.97 Å². The second kappa shape index (κ2) is 7.01. The van der Waals surface area contributed by atoms with E-state index in [0.717, 1.165) is 56.9 Å². The van der Waals surface area contributed by atoms with Crippen LogP contribution in [-0.4, -0.2) is 45.0 Å². The molecule has 1 atom stereocenters. The Labute approximate surface area is 131 Å². The van der Waals surface area contributed by atoms with E-state index in [2.05, 4.69) is 4.90 Å². The van der Waals surface area contributed by atoms with E-state index >= 15 is 0 Å². The minimum atomic E-state index is -0.160. The van der Waals surface area contributed by atoms with Gasteiger partial charge in [0.15, 0.2) is 0 Å². The number of nitrogens with zero attached hydrogens (tertiary/aromatic N) is 1. The van der Waals surface area contributed by atoms with E-state index in [1.807, 2.05) is 24.3 Å². The molecule has 0 N–H and O–H groups in total. The Morgan fingerprint density at radius 2 is 1.91 bits per heavy atom. The number of rotatable bonds is 4. The van der Waals surface area contributed by atoms with Gasteiger partial charge in [0.2, 0.25) is 0 Å². The van der Waals surface area contributed by atoms with Crippen LogP contribution >= 0.6 is 0 Å². The SMILES string of the molecule is COC(=O)[C@H]1CCCN1c1ccc(OC2CCOCC2)cc1. The standard InChI is InChI=1S/C17H23NO4/c1-20-17(19)16-3-2-10-18(16)13-4-6-14(7-5-13)22-15-8-11-21-12-9-15/h4-7,15-16H,2-3,8-12H2,1H3/t16-/m1/s1. The number of carbonyl (C=O) groups is 1. The van der Waals surface area contributed by atoms with Crippen LogP contribution in [0, 0.1) is 0 Å². The van der Waals surface area contributed by atoms with E-state index in [1.165, 1.54) is 7.11 Å². The molecule has 2 aliphatic rings. The average Bonchev–Trinajstić information content (AvgIpc) is 3.05. The molecule has 1 aromatic carbocycles. The van der Waals surface area contributed by atoms with Gasteiger partial charge in [-0.05, 0) is 37.1 Å². The van der Waals surface area contributed by atoms with Crippen LogP contribution in [0.5, 0.6) is 5.75 Å². The number of carbonyl (C=O) groups excluding carboxylic acids is 1. The summed E-state index contributed by atoms with van der Waals surface area (Å²) in [5.74, 6) is 0.726. The lowest BCUT2D eigenvalue weighted by molar-refractivity contribution is -0.141. The fourth-order valence-corrected chi connectivity index (χ4v) is 3.16. The maximum atomic E-state index is 11.8. The largest absolute Gasteiger partial charge is 0.490 e. The molecule has 3 rings (SSSR count). The second-order valence-corrected chi connectivity index (χ2v) is 5.80. The van der Waals surface area contributed by atoms with Crippen molar-refractivity contribution in [2.75, 3.05) is 31.8 Å². The van der Waals surface area contributed by atoms with Crippen molar-refractivity contribution < 1.29 is 19.0 Å². The average molecular weight is 305 g/mol. The third-order valence-electron chi connectivity index (χ3n) is 4.37. The van der Waals surface area contributed by atoms with Gasteiger partial charge in [-0.3, -0.25) is 0 Å². The van der Waals surface area contributed by atoms with Gasteiger partial charge in [-0.1, -0.05) is 0 Å². The zero-order valence-electron chi connectivity index (χ0n) is 13.0. The van der Waals surface area contributed by atoms with E-state index in [4.69, 9.17) is 14.2 Å². The first-order chi connectivity index (χ1) is 10.8. The molecule has 0 aliphatic carbocycles. The number of benzene rings is 1. The molecule has 2 saturated heterocycles. The molecule has 2 heterocycles. The molecule has 120 valence electrons. The first-order valence-electron chi connectivity index (χ1n) is 7.97. The molecule has 2 aliphatic heterocycles. The highest BCUT2D eigenvalue weighted by atomic mass is 16.5. The minimum absolute atomic E-state index is 0.153. The lowest BCUT2D eigenvalue weighted by Crippen LogP contribution is -2.36. The summed E-state index contributed by atoms with van der Waals surface area (Å²) in [4.78, 5) is 13.9. The Balaban J connectivity index is 1.64. The van der Waals surface area contributed by atoms with Gasteiger partial charge in [0, 0.05) is 25.1 Å². The first kappa shape index (κ1) is 15.2. The molecule has 0 radical (unpaired) electrons. The zero-order valence-corrected chi connectivity index (χ0v) is 13.0. The summed E-state index contributed by atoms with van der Waals surface area (Å²) in [6.07, 6.45) is 4.00. The Kier molecular flexibility index (Phi) is 4.83. The van der Waals surface area contributed by atoms with E-state index in [-0.39, 0.29) is 18.1 Å². The maximum Gasteiger partial charge on any atom is 0.328 e. The lowest BCUT2D eigenvalue weighted by Gasteiger charge is -2.26. The van der Waals surface area contributed by atoms with Crippen molar-refractivity contribution in [3.8, 4) is 5.75 Å².